The average Bonchev–Trinajstić information content (AvgIpc) is 0.908. The van der Waals surface area contributed by atoms with Gasteiger partial charge >= 0.3 is 11.9 Å². The fourth-order valence-corrected chi connectivity index (χ4v) is 10.5. The minimum atomic E-state index is -1.96. The first kappa shape index (κ1) is 89.8. The molecule has 15 atom stereocenters. The number of phenols is 1. The molecule has 0 aliphatic heterocycles. The van der Waals surface area contributed by atoms with Crippen LogP contribution in [-0.4, -0.2) is 204 Å². The van der Waals surface area contributed by atoms with Crippen molar-refractivity contribution in [3.8, 4) is 5.75 Å². The van der Waals surface area contributed by atoms with Gasteiger partial charge in [-0.25, -0.2) is 9.78 Å². The highest BCUT2D eigenvalue weighted by molar-refractivity contribution is 6.00. The summed E-state index contributed by atoms with van der Waals surface area (Å²) in [5.74, 6) is -20.0. The normalized spacial score (nSPS) is 15.6. The molecule has 1 heterocycles. The first-order chi connectivity index (χ1) is 48.6. The third-order valence-corrected chi connectivity index (χ3v) is 16.8. The molecule has 1 aromatic heterocycles. The predicted molar refractivity (Wildman–Crippen MR) is 373 cm³/mol. The standard InChI is InChI=1S/C67H107N17O20/c1-12-34(9)53(82-61(97)44(25-32(5)6)77-57(93)41(18-21-48(69)87)76-65(101)54(35(10)13-2)83-66(102)55(36(11)85)84-56(92)40(68)24-31(3)4)64(100)75-42(19-22-49(70)88)58(94)79-46(28-50(71)89)60(96)78-45(27-38-29-72-30-73-38)62(98)81-52(33(7)8)63(99)74-43(20-23-51(90)91)59(95)80-47(67(103)104)26-37-14-16-39(86)17-15-37/h14-17,29-36,40-47,52-55,85-86H,12-13,18-28,68H2,1-11H3,(H2,69,87)(H2,70,88)(H2,71,89)(H,72,73)(H,74,99)(H,75,100)(H,76,101)(H,77,93)(H,78,96)(H,79,94)(H,80,95)(H,81,98)(H,82,97)(H,83,102)(H,84,92)(H,90,91)(H,103,104)/t34-,35-,36-,40+,41+,42+,43+,44+,45+,46-,47+,52+,53+,54+,55+/m1/s1. The third-order valence-electron chi connectivity index (χ3n) is 16.8. The Morgan fingerprint density at radius 2 is 0.827 bits per heavy atom. The number of carboxylic acid groups (broad SMARTS) is 2. The van der Waals surface area contributed by atoms with Gasteiger partial charge in [0.25, 0.3) is 0 Å². The first-order valence-electron chi connectivity index (χ1n) is 34.4. The maximum atomic E-state index is 14.6. The molecule has 0 aliphatic rings. The second kappa shape index (κ2) is 44.2. The zero-order valence-electron chi connectivity index (χ0n) is 60.6. The molecule has 37 heteroatoms. The summed E-state index contributed by atoms with van der Waals surface area (Å²) >= 11 is 0. The molecule has 2 rings (SSSR count). The Labute approximate surface area is 602 Å². The number of carbonyl (C=O) groups excluding carboxylic acids is 14. The van der Waals surface area contributed by atoms with E-state index in [1.165, 1.54) is 57.6 Å². The summed E-state index contributed by atoms with van der Waals surface area (Å²) in [6, 6.07) is -13.6. The van der Waals surface area contributed by atoms with Crippen LogP contribution in [0.2, 0.25) is 0 Å². The van der Waals surface area contributed by atoms with Gasteiger partial charge in [-0.3, -0.25) is 71.9 Å². The van der Waals surface area contributed by atoms with Gasteiger partial charge in [0.05, 0.1) is 24.9 Å². The number of aromatic nitrogens is 2. The summed E-state index contributed by atoms with van der Waals surface area (Å²) in [5, 5.41) is 66.9. The lowest BCUT2D eigenvalue weighted by Gasteiger charge is -2.31. The largest absolute Gasteiger partial charge is 0.508 e. The molecule has 2 aromatic rings. The zero-order chi connectivity index (χ0) is 79.0. The third kappa shape index (κ3) is 31.9. The van der Waals surface area contributed by atoms with Crippen molar-refractivity contribution in [3.05, 3.63) is 48.0 Å². The highest BCUT2D eigenvalue weighted by Crippen LogP contribution is 2.18. The molecule has 1 aromatic carbocycles. The number of rotatable bonds is 48. The Kier molecular flexibility index (Phi) is 38.2. The van der Waals surface area contributed by atoms with E-state index in [-0.39, 0.29) is 55.4 Å². The number of carbonyl (C=O) groups is 16. The molecule has 0 saturated carbocycles. The molecule has 37 nitrogen and oxygen atoms in total. The molecule has 580 valence electrons. The smallest absolute Gasteiger partial charge is 0.326 e. The molecule has 0 aliphatic carbocycles. The summed E-state index contributed by atoms with van der Waals surface area (Å²) in [6.45, 7) is 17.8. The van der Waals surface area contributed by atoms with E-state index >= 15 is 0 Å². The van der Waals surface area contributed by atoms with Crippen LogP contribution in [0, 0.1) is 29.6 Å². The molecule has 24 N–H and O–H groups in total. The Hall–Kier alpha value is -10.3. The minimum Gasteiger partial charge on any atom is -0.508 e. The number of H-pyrrole nitrogens is 1. The van der Waals surface area contributed by atoms with Crippen LogP contribution < -0.4 is 81.4 Å². The van der Waals surface area contributed by atoms with Gasteiger partial charge < -0.3 is 107 Å². The number of imidazole rings is 1. The maximum Gasteiger partial charge on any atom is 0.326 e. The lowest BCUT2D eigenvalue weighted by atomic mass is 9.95. The number of hydrogen-bond donors (Lipinski definition) is 20. The number of aliphatic hydroxyl groups excluding tert-OH is 1. The van der Waals surface area contributed by atoms with Gasteiger partial charge in [0.15, 0.2) is 0 Å². The van der Waals surface area contributed by atoms with E-state index in [2.05, 4.69) is 68.5 Å². The van der Waals surface area contributed by atoms with Crippen LogP contribution in [0.5, 0.6) is 5.75 Å². The molecule has 0 radical (unpaired) electrons. The fraction of sp³-hybridized carbons (Fsp3) is 0.627. The SMILES string of the molecule is CC[C@@H](C)[C@H](NC(=O)[C@H](CC(C)C)NC(=O)[C@H](CCC(N)=O)NC(=O)[C@@H](NC(=O)[C@@H](NC(=O)[C@@H](N)CC(C)C)[C@@H](C)O)[C@H](C)CC)C(=O)N[C@@H](CCC(N)=O)C(=O)N[C@H](CC(N)=O)C(=O)N[C@@H](Cc1cnc[nH]1)C(=O)N[C@H](C(=O)N[C@@H](CCC(=O)O)C(=O)N[C@@H](Cc1ccc(O)cc1)C(=O)O)C(C)C. The topological polar surface area (TPSA) is 619 Å². The molecule has 104 heavy (non-hydrogen) atoms. The Morgan fingerprint density at radius 1 is 0.442 bits per heavy atom. The van der Waals surface area contributed by atoms with Crippen LogP contribution in [0.4, 0.5) is 0 Å². The lowest BCUT2D eigenvalue weighted by Crippen LogP contribution is -2.62. The van der Waals surface area contributed by atoms with Crippen molar-refractivity contribution >= 4 is 94.6 Å². The van der Waals surface area contributed by atoms with Crippen LogP contribution in [0.15, 0.2) is 36.8 Å². The molecule has 0 spiro atoms. The van der Waals surface area contributed by atoms with Crippen LogP contribution in [0.25, 0.3) is 0 Å². The summed E-state index contributed by atoms with van der Waals surface area (Å²) < 4.78 is 0. The molecular formula is C67H107N17O20. The number of nitrogens with zero attached hydrogens (tertiary/aromatic N) is 1. The van der Waals surface area contributed by atoms with Crippen molar-refractivity contribution < 1.29 is 97.1 Å². The minimum absolute atomic E-state index is 0.00603. The summed E-state index contributed by atoms with van der Waals surface area (Å²) in [4.78, 5) is 223. The van der Waals surface area contributed by atoms with Crippen LogP contribution in [0.1, 0.15) is 158 Å². The van der Waals surface area contributed by atoms with E-state index < -0.39 is 242 Å². The van der Waals surface area contributed by atoms with Crippen molar-refractivity contribution in [1.82, 2.24) is 68.5 Å². The predicted octanol–water partition coefficient (Wildman–Crippen LogP) is -3.86. The van der Waals surface area contributed by atoms with E-state index in [1.807, 2.05) is 13.8 Å². The van der Waals surface area contributed by atoms with E-state index in [4.69, 9.17) is 22.9 Å². The number of hydrogen-bond acceptors (Lipinski definition) is 20. The van der Waals surface area contributed by atoms with Gasteiger partial charge in [0.2, 0.25) is 82.7 Å². The molecular weight excluding hydrogens is 1360 g/mol. The summed E-state index contributed by atoms with van der Waals surface area (Å²) in [6.07, 6.45) is -3.29. The van der Waals surface area contributed by atoms with E-state index in [0.717, 1.165) is 0 Å². The highest BCUT2D eigenvalue weighted by atomic mass is 16.4. The highest BCUT2D eigenvalue weighted by Gasteiger charge is 2.40. The number of amides is 14. The number of nitrogens with one attached hydrogen (secondary N) is 12. The summed E-state index contributed by atoms with van der Waals surface area (Å²) in [7, 11) is 0. The number of phenolic OH excluding ortho intramolecular Hbond substituents is 1. The van der Waals surface area contributed by atoms with E-state index in [9.17, 15) is 97.1 Å². The van der Waals surface area contributed by atoms with Gasteiger partial charge in [-0.05, 0) is 86.3 Å². The monoisotopic (exact) mass is 1470 g/mol. The fourth-order valence-electron chi connectivity index (χ4n) is 10.5. The number of nitrogens with two attached hydrogens (primary N) is 4. The van der Waals surface area contributed by atoms with Gasteiger partial charge in [-0.1, -0.05) is 94.2 Å². The molecule has 0 unspecified atom stereocenters. The number of aromatic amines is 1. The Bertz CT molecular complexity index is 3280. The number of carboxylic acids is 2. The second-order valence-electron chi connectivity index (χ2n) is 27.1. The Morgan fingerprint density at radius 3 is 1.24 bits per heavy atom. The lowest BCUT2D eigenvalue weighted by molar-refractivity contribution is -0.143. The van der Waals surface area contributed by atoms with Gasteiger partial charge in [-0.15, -0.1) is 0 Å². The van der Waals surface area contributed by atoms with Gasteiger partial charge in [0, 0.05) is 44.0 Å². The second-order valence-corrected chi connectivity index (χ2v) is 27.1. The summed E-state index contributed by atoms with van der Waals surface area (Å²) in [5.41, 5.74) is 23.2. The zero-order valence-corrected chi connectivity index (χ0v) is 60.6. The quantitative estimate of drug-likeness (QED) is 0.0301. The number of aromatic hydroxyl groups is 1. The van der Waals surface area contributed by atoms with Crippen molar-refractivity contribution in [2.75, 3.05) is 0 Å². The Balaban J connectivity index is 2.53. The van der Waals surface area contributed by atoms with Gasteiger partial charge in [-0.2, -0.15) is 0 Å². The number of aliphatic carboxylic acids is 2. The molecule has 0 bridgehead atoms. The molecule has 14 amide bonds. The average molecular weight is 1470 g/mol. The van der Waals surface area contributed by atoms with E-state index in [1.54, 1.807) is 41.5 Å². The number of aliphatic hydroxyl groups is 1. The number of primary amides is 3. The molecule has 0 saturated heterocycles. The molecule has 0 fully saturated rings. The number of benzene rings is 1. The first-order valence-corrected chi connectivity index (χ1v) is 34.4. The van der Waals surface area contributed by atoms with Crippen molar-refractivity contribution in [3.63, 3.8) is 0 Å². The van der Waals surface area contributed by atoms with E-state index in [0.29, 0.717) is 5.56 Å². The van der Waals surface area contributed by atoms with Crippen LogP contribution >= 0.6 is 0 Å². The van der Waals surface area contributed by atoms with Gasteiger partial charge in [0.1, 0.15) is 72.2 Å². The van der Waals surface area contributed by atoms with Crippen molar-refractivity contribution in [2.45, 2.75) is 238 Å². The van der Waals surface area contributed by atoms with Crippen LogP contribution in [0.3, 0.4) is 0 Å². The van der Waals surface area contributed by atoms with Crippen molar-refractivity contribution in [2.24, 2.45) is 52.5 Å². The van der Waals surface area contributed by atoms with Crippen molar-refractivity contribution in [1.29, 1.82) is 0 Å². The maximum absolute atomic E-state index is 14.6. The van der Waals surface area contributed by atoms with Crippen LogP contribution in [-0.2, 0) is 89.6 Å².